The second-order valence-electron chi connectivity index (χ2n) is 4.24. The normalized spacial score (nSPS) is 10.3. The molecule has 0 amide bonds. The van der Waals surface area contributed by atoms with E-state index in [1.54, 1.807) is 18.2 Å². The first-order valence-electron chi connectivity index (χ1n) is 5.92. The van der Waals surface area contributed by atoms with Crippen molar-refractivity contribution in [3.63, 3.8) is 0 Å². The largest absolute Gasteiger partial charge is 0.399 e. The van der Waals surface area contributed by atoms with E-state index in [-0.39, 0.29) is 11.7 Å². The van der Waals surface area contributed by atoms with Crippen LogP contribution in [0.1, 0.15) is 5.56 Å². The highest BCUT2D eigenvalue weighted by Gasteiger charge is 2.13. The van der Waals surface area contributed by atoms with Gasteiger partial charge in [-0.15, -0.1) is 0 Å². The highest BCUT2D eigenvalue weighted by Crippen LogP contribution is 2.24. The van der Waals surface area contributed by atoms with Crippen LogP contribution in [-0.2, 0) is 0 Å². The first-order chi connectivity index (χ1) is 10.2. The molecule has 2 N–H and O–H groups in total. The summed E-state index contributed by atoms with van der Waals surface area (Å²) < 4.78 is 18.0. The monoisotopic (exact) mass is 281 g/mol. The molecule has 1 aromatic carbocycles. The standard InChI is InChI=1S/C14H8FN5O/c15-10-1-2-12(18-7-10)13-19-14(21-20-13)9-3-8(6-16)4-11(17)5-9/h1-5,7H,17H2. The summed E-state index contributed by atoms with van der Waals surface area (Å²) in [6, 6.07) is 9.46. The minimum absolute atomic E-state index is 0.208. The molecule has 0 aliphatic rings. The van der Waals surface area contributed by atoms with Crippen LogP contribution in [0.5, 0.6) is 0 Å². The van der Waals surface area contributed by atoms with Crippen molar-refractivity contribution in [1.29, 1.82) is 5.26 Å². The van der Waals surface area contributed by atoms with Crippen molar-refractivity contribution in [2.75, 3.05) is 5.73 Å². The molecule has 0 bridgehead atoms. The van der Waals surface area contributed by atoms with Crippen LogP contribution in [0.15, 0.2) is 41.1 Å². The molecule has 0 radical (unpaired) electrons. The number of aromatic nitrogens is 3. The average molecular weight is 281 g/mol. The Morgan fingerprint density at radius 3 is 2.81 bits per heavy atom. The number of nitrogen functional groups attached to an aromatic ring is 1. The molecular formula is C14H8FN5O. The van der Waals surface area contributed by atoms with E-state index in [1.165, 1.54) is 12.1 Å². The predicted octanol–water partition coefficient (Wildman–Crippen LogP) is 2.39. The quantitative estimate of drug-likeness (QED) is 0.723. The molecule has 0 aliphatic heterocycles. The van der Waals surface area contributed by atoms with Crippen molar-refractivity contribution in [3.05, 3.63) is 47.9 Å². The first-order valence-corrected chi connectivity index (χ1v) is 5.92. The number of nitrogens with zero attached hydrogens (tertiary/aromatic N) is 4. The highest BCUT2D eigenvalue weighted by atomic mass is 19.1. The van der Waals surface area contributed by atoms with Crippen LogP contribution in [0, 0.1) is 17.1 Å². The molecule has 7 heteroatoms. The van der Waals surface area contributed by atoms with E-state index >= 15 is 0 Å². The van der Waals surface area contributed by atoms with Crippen LogP contribution >= 0.6 is 0 Å². The number of hydrogen-bond acceptors (Lipinski definition) is 6. The third-order valence-corrected chi connectivity index (χ3v) is 2.71. The van der Waals surface area contributed by atoms with Gasteiger partial charge in [0.1, 0.15) is 11.5 Å². The summed E-state index contributed by atoms with van der Waals surface area (Å²) in [5.74, 6) is -0.0113. The van der Waals surface area contributed by atoms with E-state index in [0.717, 1.165) is 6.20 Å². The van der Waals surface area contributed by atoms with E-state index in [9.17, 15) is 4.39 Å². The Balaban J connectivity index is 2.00. The topological polar surface area (TPSA) is 102 Å². The number of benzene rings is 1. The van der Waals surface area contributed by atoms with Gasteiger partial charge in [0.15, 0.2) is 0 Å². The van der Waals surface area contributed by atoms with E-state index in [0.29, 0.717) is 22.5 Å². The molecule has 0 unspecified atom stereocenters. The van der Waals surface area contributed by atoms with Gasteiger partial charge in [0, 0.05) is 11.3 Å². The van der Waals surface area contributed by atoms with Crippen LogP contribution in [0.2, 0.25) is 0 Å². The fraction of sp³-hybridized carbons (Fsp3) is 0. The van der Waals surface area contributed by atoms with Gasteiger partial charge in [-0.25, -0.2) is 9.37 Å². The Hall–Kier alpha value is -3.27. The molecule has 3 rings (SSSR count). The number of hydrogen-bond donors (Lipinski definition) is 1. The molecule has 0 saturated heterocycles. The number of pyridine rings is 1. The second kappa shape index (κ2) is 5.02. The summed E-state index contributed by atoms with van der Waals surface area (Å²) in [5.41, 5.74) is 7.44. The lowest BCUT2D eigenvalue weighted by Crippen LogP contribution is -1.89. The number of nitrogens with two attached hydrogens (primary N) is 1. The minimum atomic E-state index is -0.447. The summed E-state index contributed by atoms with van der Waals surface area (Å²) in [4.78, 5) is 8.04. The Bertz CT molecular complexity index is 835. The van der Waals surface area contributed by atoms with E-state index in [2.05, 4.69) is 15.1 Å². The summed E-state index contributed by atoms with van der Waals surface area (Å²) in [6.45, 7) is 0. The third kappa shape index (κ3) is 2.55. The van der Waals surface area contributed by atoms with Crippen molar-refractivity contribution in [1.82, 2.24) is 15.1 Å². The lowest BCUT2D eigenvalue weighted by atomic mass is 10.1. The fourth-order valence-corrected chi connectivity index (χ4v) is 1.79. The molecule has 0 aliphatic carbocycles. The maximum Gasteiger partial charge on any atom is 0.258 e. The number of nitriles is 1. The molecule has 0 saturated carbocycles. The van der Waals surface area contributed by atoms with E-state index in [1.807, 2.05) is 6.07 Å². The van der Waals surface area contributed by atoms with Crippen molar-refractivity contribution in [2.45, 2.75) is 0 Å². The molecule has 2 aromatic heterocycles. The SMILES string of the molecule is N#Cc1cc(N)cc(-c2nc(-c3ccc(F)cn3)no2)c1. The van der Waals surface area contributed by atoms with Gasteiger partial charge in [-0.05, 0) is 30.3 Å². The zero-order valence-electron chi connectivity index (χ0n) is 10.6. The molecule has 102 valence electrons. The van der Waals surface area contributed by atoms with Gasteiger partial charge in [0.2, 0.25) is 5.82 Å². The molecule has 3 aromatic rings. The molecule has 6 nitrogen and oxygen atoms in total. The average Bonchev–Trinajstić information content (AvgIpc) is 2.97. The summed E-state index contributed by atoms with van der Waals surface area (Å²) in [7, 11) is 0. The maximum absolute atomic E-state index is 12.8. The Labute approximate surface area is 118 Å². The predicted molar refractivity (Wildman–Crippen MR) is 72.1 cm³/mol. The Morgan fingerprint density at radius 2 is 2.10 bits per heavy atom. The highest BCUT2D eigenvalue weighted by molar-refractivity contribution is 5.64. The van der Waals surface area contributed by atoms with Gasteiger partial charge in [0.05, 0.1) is 17.8 Å². The van der Waals surface area contributed by atoms with Crippen LogP contribution < -0.4 is 5.73 Å². The second-order valence-corrected chi connectivity index (χ2v) is 4.24. The van der Waals surface area contributed by atoms with Crippen molar-refractivity contribution >= 4 is 5.69 Å². The molecule has 21 heavy (non-hydrogen) atoms. The zero-order chi connectivity index (χ0) is 14.8. The number of halogens is 1. The molecule has 0 spiro atoms. The van der Waals surface area contributed by atoms with E-state index in [4.69, 9.17) is 15.5 Å². The first kappa shape index (κ1) is 12.7. The van der Waals surface area contributed by atoms with Gasteiger partial charge in [-0.2, -0.15) is 10.2 Å². The van der Waals surface area contributed by atoms with E-state index < -0.39 is 5.82 Å². The lowest BCUT2D eigenvalue weighted by molar-refractivity contribution is 0.432. The molecular weight excluding hydrogens is 273 g/mol. The van der Waals surface area contributed by atoms with Crippen molar-refractivity contribution in [3.8, 4) is 29.0 Å². The fourth-order valence-electron chi connectivity index (χ4n) is 1.79. The Morgan fingerprint density at radius 1 is 1.24 bits per heavy atom. The van der Waals surface area contributed by atoms with Crippen molar-refractivity contribution < 1.29 is 8.91 Å². The van der Waals surface area contributed by atoms with Crippen LogP contribution in [0.4, 0.5) is 10.1 Å². The van der Waals surface area contributed by atoms with Gasteiger partial charge < -0.3 is 10.3 Å². The number of anilines is 1. The summed E-state index contributed by atoms with van der Waals surface area (Å²) in [6.07, 6.45) is 1.07. The minimum Gasteiger partial charge on any atom is -0.399 e. The molecule has 0 atom stereocenters. The molecule has 2 heterocycles. The lowest BCUT2D eigenvalue weighted by Gasteiger charge is -1.98. The number of rotatable bonds is 2. The third-order valence-electron chi connectivity index (χ3n) is 2.71. The Kier molecular flexibility index (Phi) is 3.04. The van der Waals surface area contributed by atoms with Gasteiger partial charge in [-0.1, -0.05) is 5.16 Å². The van der Waals surface area contributed by atoms with Crippen LogP contribution in [0.3, 0.4) is 0 Å². The van der Waals surface area contributed by atoms with Gasteiger partial charge >= 0.3 is 0 Å². The van der Waals surface area contributed by atoms with Crippen LogP contribution in [-0.4, -0.2) is 15.1 Å². The van der Waals surface area contributed by atoms with Crippen LogP contribution in [0.25, 0.3) is 23.0 Å². The van der Waals surface area contributed by atoms with Gasteiger partial charge in [0.25, 0.3) is 5.89 Å². The zero-order valence-corrected chi connectivity index (χ0v) is 10.6. The maximum atomic E-state index is 12.8. The summed E-state index contributed by atoms with van der Waals surface area (Å²) in [5, 5.41) is 12.7. The smallest absolute Gasteiger partial charge is 0.258 e. The summed E-state index contributed by atoms with van der Waals surface area (Å²) >= 11 is 0. The van der Waals surface area contributed by atoms with Gasteiger partial charge in [-0.3, -0.25) is 0 Å². The molecule has 0 fully saturated rings. The van der Waals surface area contributed by atoms with Crippen molar-refractivity contribution in [2.24, 2.45) is 0 Å².